The van der Waals surface area contributed by atoms with Crippen LogP contribution in [-0.4, -0.2) is 41.4 Å². The molecule has 4 atom stereocenters. The highest BCUT2D eigenvalue weighted by Gasteiger charge is 2.70. The van der Waals surface area contributed by atoms with Crippen LogP contribution >= 0.6 is 0 Å². The van der Waals surface area contributed by atoms with Crippen LogP contribution < -0.4 is 5.32 Å². The van der Waals surface area contributed by atoms with Gasteiger partial charge in [0.1, 0.15) is 17.9 Å². The molecule has 2 aliphatic heterocycles. The van der Waals surface area contributed by atoms with Crippen molar-refractivity contribution in [2.75, 3.05) is 13.2 Å². The van der Waals surface area contributed by atoms with Crippen molar-refractivity contribution in [1.29, 1.82) is 0 Å². The SMILES string of the molecule is CCOC(=O)[C@]1(C)[NH2+][C@@H](c2ccc(C)cc2)[C@H]2C(=O)N(CC)C(=O)[C@@H]21. The summed E-state index contributed by atoms with van der Waals surface area (Å²) in [5.41, 5.74) is 0.982. The number of ether oxygens (including phenoxy) is 1. The molecule has 1 aromatic rings. The highest BCUT2D eigenvalue weighted by Crippen LogP contribution is 2.44. The zero-order valence-corrected chi connectivity index (χ0v) is 15.1. The third-order valence-corrected chi connectivity index (χ3v) is 5.49. The minimum absolute atomic E-state index is 0.188. The van der Waals surface area contributed by atoms with Crippen molar-refractivity contribution in [2.24, 2.45) is 11.8 Å². The van der Waals surface area contributed by atoms with Crippen molar-refractivity contribution in [2.45, 2.75) is 39.3 Å². The highest BCUT2D eigenvalue weighted by molar-refractivity contribution is 6.08. The van der Waals surface area contributed by atoms with Gasteiger partial charge in [0.05, 0.1) is 6.61 Å². The first-order chi connectivity index (χ1) is 11.8. The van der Waals surface area contributed by atoms with Crippen LogP contribution in [0.4, 0.5) is 0 Å². The van der Waals surface area contributed by atoms with Crippen molar-refractivity contribution in [3.63, 3.8) is 0 Å². The normalized spacial score (nSPS) is 31.4. The summed E-state index contributed by atoms with van der Waals surface area (Å²) in [4.78, 5) is 39.7. The largest absolute Gasteiger partial charge is 0.461 e. The van der Waals surface area contributed by atoms with E-state index in [0.29, 0.717) is 6.54 Å². The molecule has 2 aliphatic rings. The van der Waals surface area contributed by atoms with Gasteiger partial charge in [0.2, 0.25) is 17.4 Å². The van der Waals surface area contributed by atoms with E-state index in [-0.39, 0.29) is 24.5 Å². The number of nitrogens with two attached hydrogens (primary N) is 1. The molecule has 0 unspecified atom stereocenters. The summed E-state index contributed by atoms with van der Waals surface area (Å²) in [6.45, 7) is 7.81. The Morgan fingerprint density at radius 3 is 2.40 bits per heavy atom. The minimum Gasteiger partial charge on any atom is -0.461 e. The molecule has 2 N–H and O–H groups in total. The number of likely N-dealkylation sites (tertiary alicyclic amines) is 1. The van der Waals surface area contributed by atoms with Gasteiger partial charge in [-0.1, -0.05) is 29.8 Å². The lowest BCUT2D eigenvalue weighted by Gasteiger charge is -2.25. The fourth-order valence-corrected chi connectivity index (χ4v) is 4.21. The van der Waals surface area contributed by atoms with E-state index in [1.807, 2.05) is 36.5 Å². The number of benzene rings is 1. The number of rotatable bonds is 4. The maximum absolute atomic E-state index is 12.9. The Hall–Kier alpha value is -2.21. The first-order valence-corrected chi connectivity index (χ1v) is 8.80. The van der Waals surface area contributed by atoms with Gasteiger partial charge >= 0.3 is 5.97 Å². The molecule has 134 valence electrons. The second-order valence-corrected chi connectivity index (χ2v) is 7.03. The molecule has 2 fully saturated rings. The zero-order chi connectivity index (χ0) is 18.4. The maximum Gasteiger partial charge on any atom is 0.368 e. The molecule has 6 nitrogen and oxygen atoms in total. The average Bonchev–Trinajstić information content (AvgIpc) is 3.03. The van der Waals surface area contributed by atoms with E-state index in [0.717, 1.165) is 11.1 Å². The zero-order valence-electron chi connectivity index (χ0n) is 15.1. The number of fused-ring (bicyclic) bond motifs is 1. The van der Waals surface area contributed by atoms with Crippen molar-refractivity contribution in [3.05, 3.63) is 35.4 Å². The van der Waals surface area contributed by atoms with Crippen molar-refractivity contribution in [3.8, 4) is 0 Å². The van der Waals surface area contributed by atoms with Gasteiger partial charge in [0, 0.05) is 19.0 Å². The van der Waals surface area contributed by atoms with Gasteiger partial charge in [-0.25, -0.2) is 4.79 Å². The van der Waals surface area contributed by atoms with Crippen molar-refractivity contribution >= 4 is 17.8 Å². The van der Waals surface area contributed by atoms with E-state index in [1.165, 1.54) is 4.90 Å². The third kappa shape index (κ3) is 2.56. The standard InChI is InChI=1S/C19H24N2O4/c1-5-21-16(22)13-14(17(21)23)19(4,18(24)25-6-2)20-15(13)12-9-7-11(3)8-10-12/h7-10,13-15,20H,5-6H2,1-4H3/p+1/t13-,14+,15-,19+/m0/s1. The summed E-state index contributed by atoms with van der Waals surface area (Å²) < 4.78 is 5.24. The Kier molecular flexibility index (Phi) is 4.41. The van der Waals surface area contributed by atoms with Crippen molar-refractivity contribution in [1.82, 2.24) is 4.90 Å². The molecule has 6 heteroatoms. The van der Waals surface area contributed by atoms with Crippen LogP contribution in [0.25, 0.3) is 0 Å². The van der Waals surface area contributed by atoms with Gasteiger partial charge in [-0.3, -0.25) is 14.5 Å². The molecule has 0 aliphatic carbocycles. The molecular weight excluding hydrogens is 320 g/mol. The maximum atomic E-state index is 12.9. The number of hydrogen-bond donors (Lipinski definition) is 1. The predicted octanol–water partition coefficient (Wildman–Crippen LogP) is 0.556. The lowest BCUT2D eigenvalue weighted by atomic mass is 9.80. The third-order valence-electron chi connectivity index (χ3n) is 5.49. The number of carbonyl (C=O) groups is 3. The average molecular weight is 345 g/mol. The summed E-state index contributed by atoms with van der Waals surface area (Å²) in [5.74, 6) is -2.11. The quantitative estimate of drug-likeness (QED) is 0.639. The molecule has 2 saturated heterocycles. The molecule has 0 radical (unpaired) electrons. The number of esters is 1. The van der Waals surface area contributed by atoms with Crippen LogP contribution in [0.2, 0.25) is 0 Å². The number of amides is 2. The molecule has 2 heterocycles. The number of nitrogens with zero attached hydrogens (tertiary/aromatic N) is 1. The van der Waals surface area contributed by atoms with E-state index in [9.17, 15) is 14.4 Å². The fraction of sp³-hybridized carbons (Fsp3) is 0.526. The lowest BCUT2D eigenvalue weighted by molar-refractivity contribution is -0.731. The van der Waals surface area contributed by atoms with Crippen LogP contribution in [0.1, 0.15) is 37.9 Å². The Morgan fingerprint density at radius 1 is 1.20 bits per heavy atom. The lowest BCUT2D eigenvalue weighted by Crippen LogP contribution is -2.97. The number of aryl methyl sites for hydroxylation is 1. The molecule has 0 bridgehead atoms. The highest BCUT2D eigenvalue weighted by atomic mass is 16.5. The van der Waals surface area contributed by atoms with E-state index >= 15 is 0 Å². The van der Waals surface area contributed by atoms with Crippen molar-refractivity contribution < 1.29 is 24.4 Å². The summed E-state index contributed by atoms with van der Waals surface area (Å²) in [5, 5.41) is 1.85. The fourth-order valence-electron chi connectivity index (χ4n) is 4.21. The van der Waals surface area contributed by atoms with Gasteiger partial charge in [-0.05, 0) is 20.8 Å². The summed E-state index contributed by atoms with van der Waals surface area (Å²) in [6.07, 6.45) is 0. The van der Waals surface area contributed by atoms with Crippen LogP contribution in [0.15, 0.2) is 24.3 Å². The number of hydrogen-bond acceptors (Lipinski definition) is 4. The van der Waals surface area contributed by atoms with Crippen LogP contribution in [0, 0.1) is 18.8 Å². The Labute approximate surface area is 147 Å². The predicted molar refractivity (Wildman–Crippen MR) is 90.3 cm³/mol. The van der Waals surface area contributed by atoms with Gasteiger partial charge in [0.15, 0.2) is 0 Å². The second kappa shape index (κ2) is 6.26. The number of carbonyl (C=O) groups excluding carboxylic acids is 3. The second-order valence-electron chi connectivity index (χ2n) is 7.03. The number of imide groups is 1. The molecule has 1 aromatic carbocycles. The van der Waals surface area contributed by atoms with E-state index in [4.69, 9.17) is 4.74 Å². The molecular formula is C19H25N2O4+. The van der Waals surface area contributed by atoms with E-state index in [1.54, 1.807) is 20.8 Å². The first-order valence-electron chi connectivity index (χ1n) is 8.80. The summed E-state index contributed by atoms with van der Waals surface area (Å²) >= 11 is 0. The van der Waals surface area contributed by atoms with Gasteiger partial charge in [-0.2, -0.15) is 0 Å². The Morgan fingerprint density at radius 2 is 1.84 bits per heavy atom. The minimum atomic E-state index is -1.09. The molecule has 0 spiro atoms. The summed E-state index contributed by atoms with van der Waals surface area (Å²) in [7, 11) is 0. The monoisotopic (exact) mass is 345 g/mol. The Balaban J connectivity index is 2.07. The van der Waals surface area contributed by atoms with Gasteiger partial charge in [0.25, 0.3) is 0 Å². The van der Waals surface area contributed by atoms with E-state index in [2.05, 4.69) is 0 Å². The molecule has 2 amide bonds. The number of quaternary nitrogens is 1. The van der Waals surface area contributed by atoms with Gasteiger partial charge < -0.3 is 10.1 Å². The van der Waals surface area contributed by atoms with E-state index < -0.39 is 23.3 Å². The summed E-state index contributed by atoms with van der Waals surface area (Å²) in [6, 6.07) is 7.63. The van der Waals surface area contributed by atoms with Crippen LogP contribution in [-0.2, 0) is 19.1 Å². The molecule has 25 heavy (non-hydrogen) atoms. The smallest absolute Gasteiger partial charge is 0.368 e. The Bertz CT molecular complexity index is 715. The molecule has 0 aromatic heterocycles. The topological polar surface area (TPSA) is 80.3 Å². The van der Waals surface area contributed by atoms with Gasteiger partial charge in [-0.15, -0.1) is 0 Å². The van der Waals surface area contributed by atoms with Crippen LogP contribution in [0.3, 0.4) is 0 Å². The molecule has 3 rings (SSSR count). The van der Waals surface area contributed by atoms with Crippen LogP contribution in [0.5, 0.6) is 0 Å². The molecule has 0 saturated carbocycles. The first kappa shape index (κ1) is 17.6.